The third-order valence-electron chi connectivity index (χ3n) is 2.37. The molecule has 2 heterocycles. The highest BCUT2D eigenvalue weighted by molar-refractivity contribution is 7.16. The molecular formula is C11H13ClN4O2S. The first-order chi connectivity index (χ1) is 9.08. The first-order valence-corrected chi connectivity index (χ1v) is 6.87. The summed E-state index contributed by atoms with van der Waals surface area (Å²) in [6, 6.07) is 3.49. The monoisotopic (exact) mass is 300 g/mol. The summed E-state index contributed by atoms with van der Waals surface area (Å²) in [4.78, 5) is 18.4. The number of amides is 2. The molecule has 0 atom stereocenters. The number of hydrogen-bond donors (Lipinski definition) is 1. The Morgan fingerprint density at radius 3 is 2.95 bits per heavy atom. The minimum atomic E-state index is -0.309. The van der Waals surface area contributed by atoms with Crippen LogP contribution in [0.2, 0.25) is 4.34 Å². The van der Waals surface area contributed by atoms with Crippen molar-refractivity contribution in [1.29, 1.82) is 0 Å². The van der Waals surface area contributed by atoms with Crippen molar-refractivity contribution < 1.29 is 9.32 Å². The van der Waals surface area contributed by atoms with Crippen LogP contribution in [0.25, 0.3) is 0 Å². The second-order valence-electron chi connectivity index (χ2n) is 3.86. The van der Waals surface area contributed by atoms with E-state index in [4.69, 9.17) is 16.1 Å². The van der Waals surface area contributed by atoms with E-state index in [1.54, 1.807) is 13.1 Å². The lowest BCUT2D eigenvalue weighted by Crippen LogP contribution is -2.30. The smallest absolute Gasteiger partial charge is 0.322 e. The van der Waals surface area contributed by atoms with Crippen LogP contribution < -0.4 is 5.32 Å². The molecule has 0 unspecified atom stereocenters. The molecule has 2 amide bonds. The largest absolute Gasteiger partial charge is 0.329 e. The number of rotatable bonds is 4. The fourth-order valence-corrected chi connectivity index (χ4v) is 2.52. The van der Waals surface area contributed by atoms with E-state index in [1.807, 2.05) is 13.0 Å². The molecule has 19 heavy (non-hydrogen) atoms. The number of carbonyl (C=O) groups excluding carboxylic acids is 1. The Hall–Kier alpha value is -1.60. The van der Waals surface area contributed by atoms with E-state index in [1.165, 1.54) is 16.2 Å². The van der Waals surface area contributed by atoms with Gasteiger partial charge in [-0.15, -0.1) is 11.3 Å². The number of carbonyl (C=O) groups is 1. The Kier molecular flexibility index (Phi) is 4.39. The van der Waals surface area contributed by atoms with Crippen LogP contribution in [-0.2, 0) is 13.0 Å². The molecule has 0 saturated carbocycles. The highest BCUT2D eigenvalue weighted by Crippen LogP contribution is 2.22. The van der Waals surface area contributed by atoms with Gasteiger partial charge in [0.15, 0.2) is 5.82 Å². The normalized spacial score (nSPS) is 10.5. The molecule has 2 aromatic heterocycles. The van der Waals surface area contributed by atoms with Gasteiger partial charge in [-0.25, -0.2) is 4.79 Å². The average Bonchev–Trinajstić information content (AvgIpc) is 2.98. The fourth-order valence-electron chi connectivity index (χ4n) is 1.38. The van der Waals surface area contributed by atoms with Gasteiger partial charge in [0.1, 0.15) is 0 Å². The van der Waals surface area contributed by atoms with E-state index >= 15 is 0 Å². The zero-order valence-corrected chi connectivity index (χ0v) is 12.1. The third-order valence-corrected chi connectivity index (χ3v) is 3.58. The van der Waals surface area contributed by atoms with Crippen molar-refractivity contribution in [3.05, 3.63) is 27.2 Å². The Labute approximate surface area is 119 Å². The molecule has 0 bridgehead atoms. The van der Waals surface area contributed by atoms with E-state index in [0.29, 0.717) is 23.1 Å². The molecule has 0 fully saturated rings. The van der Waals surface area contributed by atoms with Gasteiger partial charge in [-0.05, 0) is 12.1 Å². The van der Waals surface area contributed by atoms with E-state index in [2.05, 4.69) is 15.5 Å². The molecule has 102 valence electrons. The predicted octanol–water partition coefficient (Wildman–Crippen LogP) is 3.01. The first kappa shape index (κ1) is 13.8. The number of aryl methyl sites for hydroxylation is 1. The summed E-state index contributed by atoms with van der Waals surface area (Å²) >= 11 is 7.28. The lowest BCUT2D eigenvalue weighted by molar-refractivity contribution is 0.220. The van der Waals surface area contributed by atoms with Gasteiger partial charge in [-0.2, -0.15) is 4.98 Å². The van der Waals surface area contributed by atoms with Crippen LogP contribution in [0.4, 0.5) is 10.8 Å². The zero-order valence-electron chi connectivity index (χ0n) is 10.5. The van der Waals surface area contributed by atoms with Crippen molar-refractivity contribution >= 4 is 35.0 Å². The van der Waals surface area contributed by atoms with Crippen LogP contribution in [0.3, 0.4) is 0 Å². The molecule has 0 aliphatic rings. The molecule has 0 radical (unpaired) electrons. The van der Waals surface area contributed by atoms with Crippen LogP contribution in [0.5, 0.6) is 0 Å². The maximum atomic E-state index is 11.9. The van der Waals surface area contributed by atoms with Gasteiger partial charge in [-0.3, -0.25) is 5.32 Å². The van der Waals surface area contributed by atoms with Crippen LogP contribution in [0.1, 0.15) is 17.6 Å². The van der Waals surface area contributed by atoms with Crippen molar-refractivity contribution in [2.24, 2.45) is 0 Å². The van der Waals surface area contributed by atoms with Gasteiger partial charge in [-0.1, -0.05) is 23.7 Å². The van der Waals surface area contributed by atoms with Crippen LogP contribution in [0, 0.1) is 0 Å². The molecule has 0 aromatic carbocycles. The number of anilines is 1. The van der Waals surface area contributed by atoms with Gasteiger partial charge in [0.05, 0.1) is 10.9 Å². The summed E-state index contributed by atoms with van der Waals surface area (Å²) in [5.41, 5.74) is 0. The van der Waals surface area contributed by atoms with Gasteiger partial charge < -0.3 is 9.42 Å². The van der Waals surface area contributed by atoms with Crippen molar-refractivity contribution in [2.45, 2.75) is 19.9 Å². The number of hydrogen-bond acceptors (Lipinski definition) is 5. The fraction of sp³-hybridized carbons (Fsp3) is 0.364. The van der Waals surface area contributed by atoms with E-state index in [0.717, 1.165) is 4.88 Å². The quantitative estimate of drug-likeness (QED) is 0.942. The van der Waals surface area contributed by atoms with Gasteiger partial charge in [0.25, 0.3) is 0 Å². The molecule has 0 aliphatic heterocycles. The molecule has 8 heteroatoms. The first-order valence-electron chi connectivity index (χ1n) is 5.67. The standard InChI is InChI=1S/C11H13ClN4O2S/c1-3-9-13-10(18-15-9)14-11(17)16(2)6-7-4-5-8(12)19-7/h4-5H,3,6H2,1-2H3,(H,13,14,15,17). The lowest BCUT2D eigenvalue weighted by Gasteiger charge is -2.15. The highest BCUT2D eigenvalue weighted by atomic mass is 35.5. The molecule has 6 nitrogen and oxygen atoms in total. The van der Waals surface area contributed by atoms with E-state index in [-0.39, 0.29) is 12.0 Å². The second-order valence-corrected chi connectivity index (χ2v) is 5.66. The average molecular weight is 301 g/mol. The molecule has 0 spiro atoms. The Balaban J connectivity index is 1.91. The SMILES string of the molecule is CCc1noc(NC(=O)N(C)Cc2ccc(Cl)s2)n1. The number of nitrogens with zero attached hydrogens (tertiary/aromatic N) is 3. The summed E-state index contributed by atoms with van der Waals surface area (Å²) in [5.74, 6) is 0.558. The van der Waals surface area contributed by atoms with Crippen LogP contribution >= 0.6 is 22.9 Å². The van der Waals surface area contributed by atoms with Gasteiger partial charge >= 0.3 is 12.0 Å². The van der Waals surface area contributed by atoms with Crippen molar-refractivity contribution in [3.63, 3.8) is 0 Å². The molecular weight excluding hydrogens is 288 g/mol. The Bertz CT molecular complexity index is 569. The number of aromatic nitrogens is 2. The summed E-state index contributed by atoms with van der Waals surface area (Å²) in [6.45, 7) is 2.38. The molecule has 0 saturated heterocycles. The number of nitrogens with one attached hydrogen (secondary N) is 1. The van der Waals surface area contributed by atoms with Crippen LogP contribution in [0.15, 0.2) is 16.7 Å². The van der Waals surface area contributed by atoms with Crippen molar-refractivity contribution in [3.8, 4) is 0 Å². The van der Waals surface area contributed by atoms with Gasteiger partial charge in [0, 0.05) is 18.3 Å². The molecule has 1 N–H and O–H groups in total. The number of halogens is 1. The molecule has 2 rings (SSSR count). The topological polar surface area (TPSA) is 71.3 Å². The van der Waals surface area contributed by atoms with Crippen molar-refractivity contribution in [1.82, 2.24) is 15.0 Å². The number of urea groups is 1. The lowest BCUT2D eigenvalue weighted by atomic mass is 10.4. The molecule has 0 aliphatic carbocycles. The second kappa shape index (κ2) is 6.03. The van der Waals surface area contributed by atoms with E-state index in [9.17, 15) is 4.79 Å². The zero-order chi connectivity index (χ0) is 13.8. The summed E-state index contributed by atoms with van der Waals surface area (Å²) in [7, 11) is 1.68. The minimum Gasteiger partial charge on any atom is -0.322 e. The minimum absolute atomic E-state index is 0.109. The summed E-state index contributed by atoms with van der Waals surface area (Å²) in [6.07, 6.45) is 0.656. The van der Waals surface area contributed by atoms with Crippen molar-refractivity contribution in [2.75, 3.05) is 12.4 Å². The Morgan fingerprint density at radius 1 is 1.58 bits per heavy atom. The number of thiophene rings is 1. The van der Waals surface area contributed by atoms with E-state index < -0.39 is 0 Å². The maximum absolute atomic E-state index is 11.9. The third kappa shape index (κ3) is 3.68. The summed E-state index contributed by atoms with van der Waals surface area (Å²) < 4.78 is 5.59. The summed E-state index contributed by atoms with van der Waals surface area (Å²) in [5, 5.41) is 6.24. The van der Waals surface area contributed by atoms with Crippen LogP contribution in [-0.4, -0.2) is 28.1 Å². The highest BCUT2D eigenvalue weighted by Gasteiger charge is 2.14. The van der Waals surface area contributed by atoms with Gasteiger partial charge in [0.2, 0.25) is 0 Å². The Morgan fingerprint density at radius 2 is 2.37 bits per heavy atom. The molecule has 2 aromatic rings. The maximum Gasteiger partial charge on any atom is 0.329 e. The predicted molar refractivity (Wildman–Crippen MR) is 73.5 cm³/mol.